The molecule has 0 N–H and O–H groups in total. The predicted molar refractivity (Wildman–Crippen MR) is 93.7 cm³/mol. The lowest BCUT2D eigenvalue weighted by atomic mass is 10.0. The van der Waals surface area contributed by atoms with Gasteiger partial charge in [-0.05, 0) is 0 Å². The van der Waals surface area contributed by atoms with Crippen LogP contribution in [0.5, 0.6) is 0 Å². The number of nitrogens with zero attached hydrogens (tertiary/aromatic N) is 2. The Labute approximate surface area is 150 Å². The first-order valence-electron chi connectivity index (χ1n) is 8.47. The van der Waals surface area contributed by atoms with E-state index in [1.807, 2.05) is 36.4 Å². The third-order valence-corrected chi connectivity index (χ3v) is 4.71. The number of aryl methyl sites for hydroxylation is 1. The molecule has 2 aliphatic heterocycles. The zero-order valence-electron chi connectivity index (χ0n) is 14.6. The average Bonchev–Trinajstić information content (AvgIpc) is 2.69. The van der Waals surface area contributed by atoms with Crippen LogP contribution in [0.15, 0.2) is 58.3 Å². The van der Waals surface area contributed by atoms with E-state index in [2.05, 4.69) is 0 Å². The first-order valence-corrected chi connectivity index (χ1v) is 8.47. The van der Waals surface area contributed by atoms with Gasteiger partial charge in [-0.1, -0.05) is 42.5 Å². The van der Waals surface area contributed by atoms with Gasteiger partial charge in [-0.2, -0.15) is 0 Å². The summed E-state index contributed by atoms with van der Waals surface area (Å²) in [5, 5.41) is 0. The number of hydrogen-bond donors (Lipinski definition) is 0. The molecule has 0 amide bonds. The van der Waals surface area contributed by atoms with Crippen molar-refractivity contribution in [2.45, 2.75) is 24.6 Å². The van der Waals surface area contributed by atoms with Gasteiger partial charge in [-0.3, -0.25) is 9.36 Å². The van der Waals surface area contributed by atoms with Gasteiger partial charge in [0.1, 0.15) is 18.3 Å². The van der Waals surface area contributed by atoms with Crippen LogP contribution in [0, 0.1) is 0 Å². The van der Waals surface area contributed by atoms with E-state index in [1.54, 1.807) is 13.1 Å². The molecule has 1 aromatic heterocycles. The molecule has 0 unspecified atom stereocenters. The molecule has 3 heterocycles. The summed E-state index contributed by atoms with van der Waals surface area (Å²) in [6.07, 6.45) is 3.69. The molecule has 0 radical (unpaired) electrons. The van der Waals surface area contributed by atoms with Crippen LogP contribution in [-0.2, 0) is 28.3 Å². The highest BCUT2D eigenvalue weighted by atomic mass is 16.7. The highest BCUT2D eigenvalue weighted by Gasteiger charge is 2.36. The van der Waals surface area contributed by atoms with Gasteiger partial charge in [-0.15, -0.1) is 0 Å². The molecule has 7 heteroatoms. The highest BCUT2D eigenvalue weighted by Crippen LogP contribution is 2.33. The number of hydrogen-bond acceptors (Lipinski definition) is 5. The van der Waals surface area contributed by atoms with Crippen LogP contribution in [-0.4, -0.2) is 27.9 Å². The van der Waals surface area contributed by atoms with Gasteiger partial charge in [0.25, 0.3) is 5.56 Å². The second kappa shape index (κ2) is 6.68. The maximum atomic E-state index is 12.4. The van der Waals surface area contributed by atoms with Crippen molar-refractivity contribution >= 4 is 0 Å². The molecule has 7 nitrogen and oxygen atoms in total. The Morgan fingerprint density at radius 3 is 2.58 bits per heavy atom. The summed E-state index contributed by atoms with van der Waals surface area (Å²) < 4.78 is 20.3. The molecule has 2 aromatic rings. The van der Waals surface area contributed by atoms with Crippen LogP contribution in [0.25, 0.3) is 0 Å². The molecular weight excluding hydrogens is 336 g/mol. The Balaban J connectivity index is 1.57. The van der Waals surface area contributed by atoms with Crippen LogP contribution in [0.2, 0.25) is 0 Å². The normalized spacial score (nSPS) is 27.9. The second-order valence-electron chi connectivity index (χ2n) is 6.50. The lowest BCUT2D eigenvalue weighted by Gasteiger charge is -2.39. The van der Waals surface area contributed by atoms with Crippen molar-refractivity contribution < 1.29 is 14.2 Å². The number of ether oxygens (including phenoxy) is 3. The van der Waals surface area contributed by atoms with E-state index in [9.17, 15) is 9.59 Å². The lowest BCUT2D eigenvalue weighted by molar-refractivity contribution is -0.262. The minimum atomic E-state index is -0.540. The number of rotatable bonds is 2. The summed E-state index contributed by atoms with van der Waals surface area (Å²) in [6, 6.07) is 9.72. The molecule has 0 aliphatic carbocycles. The fourth-order valence-electron chi connectivity index (χ4n) is 3.27. The zero-order chi connectivity index (χ0) is 18.3. The SMILES string of the molecule is Cn1cc([C@@H]2C=C[C@@H]3O[C@H](c4ccccc4)OC[C@H]3O2)c(=O)n(C)c1=O. The molecule has 26 heavy (non-hydrogen) atoms. The lowest BCUT2D eigenvalue weighted by Crippen LogP contribution is -2.45. The topological polar surface area (TPSA) is 71.7 Å². The van der Waals surface area contributed by atoms with E-state index < -0.39 is 12.4 Å². The first kappa shape index (κ1) is 17.0. The molecule has 1 aromatic carbocycles. The molecular formula is C19H20N2O5. The van der Waals surface area contributed by atoms with Crippen LogP contribution in [0.4, 0.5) is 0 Å². The summed E-state index contributed by atoms with van der Waals surface area (Å²) in [4.78, 5) is 24.3. The van der Waals surface area contributed by atoms with E-state index >= 15 is 0 Å². The van der Waals surface area contributed by atoms with Crippen molar-refractivity contribution in [3.05, 3.63) is 80.6 Å². The second-order valence-corrected chi connectivity index (χ2v) is 6.50. The van der Waals surface area contributed by atoms with Crippen molar-refractivity contribution in [2.24, 2.45) is 14.1 Å². The van der Waals surface area contributed by atoms with Crippen molar-refractivity contribution in [1.29, 1.82) is 0 Å². The molecule has 0 saturated carbocycles. The van der Waals surface area contributed by atoms with Crippen LogP contribution in [0.3, 0.4) is 0 Å². The monoisotopic (exact) mass is 356 g/mol. The smallest absolute Gasteiger partial charge is 0.330 e. The predicted octanol–water partition coefficient (Wildman–Crippen LogP) is 1.19. The summed E-state index contributed by atoms with van der Waals surface area (Å²) in [5.74, 6) is 0. The Morgan fingerprint density at radius 1 is 1.04 bits per heavy atom. The molecule has 0 spiro atoms. The number of benzene rings is 1. The van der Waals surface area contributed by atoms with Gasteiger partial charge in [0.2, 0.25) is 0 Å². The standard InChI is InChI=1S/C19H20N2O5/c1-20-10-13(17(22)21(2)19(20)23)14-8-9-15-16(25-14)11-24-18(26-15)12-6-4-3-5-7-12/h3-10,14-16,18H,11H2,1-2H3/t14-,15-,16+,18+/m0/s1. The molecule has 1 saturated heterocycles. The van der Waals surface area contributed by atoms with Gasteiger partial charge in [0.15, 0.2) is 6.29 Å². The van der Waals surface area contributed by atoms with Crippen molar-refractivity contribution in [3.63, 3.8) is 0 Å². The van der Waals surface area contributed by atoms with Gasteiger partial charge in [-0.25, -0.2) is 4.79 Å². The average molecular weight is 356 g/mol. The quantitative estimate of drug-likeness (QED) is 0.756. The first-order chi connectivity index (χ1) is 12.5. The van der Waals surface area contributed by atoms with Gasteiger partial charge in [0, 0.05) is 25.9 Å². The van der Waals surface area contributed by atoms with E-state index in [4.69, 9.17) is 14.2 Å². The number of fused-ring (bicyclic) bond motifs is 1. The third-order valence-electron chi connectivity index (χ3n) is 4.71. The fourth-order valence-corrected chi connectivity index (χ4v) is 3.27. The van der Waals surface area contributed by atoms with E-state index in [0.29, 0.717) is 12.2 Å². The van der Waals surface area contributed by atoms with Crippen molar-refractivity contribution in [3.8, 4) is 0 Å². The van der Waals surface area contributed by atoms with Crippen molar-refractivity contribution in [2.75, 3.05) is 6.61 Å². The molecule has 136 valence electrons. The minimum absolute atomic E-state index is 0.249. The summed E-state index contributed by atoms with van der Waals surface area (Å²) in [5.41, 5.74) is 0.635. The molecule has 2 aliphatic rings. The maximum absolute atomic E-state index is 12.4. The van der Waals surface area contributed by atoms with Gasteiger partial charge >= 0.3 is 5.69 Å². The van der Waals surface area contributed by atoms with Gasteiger partial charge in [0.05, 0.1) is 12.2 Å². The summed E-state index contributed by atoms with van der Waals surface area (Å²) in [6.45, 7) is 0.358. The van der Waals surface area contributed by atoms with Gasteiger partial charge < -0.3 is 18.8 Å². The van der Waals surface area contributed by atoms with Crippen LogP contribution in [0.1, 0.15) is 23.5 Å². The number of aromatic nitrogens is 2. The van der Waals surface area contributed by atoms with Crippen LogP contribution < -0.4 is 11.2 Å². The fraction of sp³-hybridized carbons (Fsp3) is 0.368. The van der Waals surface area contributed by atoms with E-state index in [1.165, 1.54) is 17.8 Å². The Hall–Kier alpha value is -2.48. The van der Waals surface area contributed by atoms with Crippen molar-refractivity contribution in [1.82, 2.24) is 9.13 Å². The highest BCUT2D eigenvalue weighted by molar-refractivity contribution is 5.20. The Morgan fingerprint density at radius 2 is 1.81 bits per heavy atom. The Bertz CT molecular complexity index is 947. The van der Waals surface area contributed by atoms with Crippen LogP contribution >= 0.6 is 0 Å². The van der Waals surface area contributed by atoms with E-state index in [-0.39, 0.29) is 23.5 Å². The molecule has 1 fully saturated rings. The molecule has 4 rings (SSSR count). The summed E-state index contributed by atoms with van der Waals surface area (Å²) in [7, 11) is 3.07. The largest absolute Gasteiger partial charge is 0.360 e. The third kappa shape index (κ3) is 2.94. The maximum Gasteiger partial charge on any atom is 0.330 e. The minimum Gasteiger partial charge on any atom is -0.360 e. The zero-order valence-corrected chi connectivity index (χ0v) is 14.6. The molecule has 0 bridgehead atoms. The molecule has 4 atom stereocenters. The Kier molecular flexibility index (Phi) is 4.36. The van der Waals surface area contributed by atoms with E-state index in [0.717, 1.165) is 10.1 Å². The summed E-state index contributed by atoms with van der Waals surface area (Å²) >= 11 is 0.